The molecular formula is C14H25N3O3. The Kier molecular flexibility index (Phi) is 4.52. The lowest BCUT2D eigenvalue weighted by Gasteiger charge is -2.25. The van der Waals surface area contributed by atoms with Crippen molar-refractivity contribution in [2.75, 3.05) is 32.7 Å². The Hall–Kier alpha value is -1.30. The van der Waals surface area contributed by atoms with Crippen molar-refractivity contribution in [3.05, 3.63) is 0 Å². The summed E-state index contributed by atoms with van der Waals surface area (Å²) in [6.45, 7) is 7.21. The highest BCUT2D eigenvalue weighted by Gasteiger charge is 2.33. The second kappa shape index (κ2) is 5.99. The van der Waals surface area contributed by atoms with Gasteiger partial charge in [-0.3, -0.25) is 9.69 Å². The molecule has 0 aromatic carbocycles. The number of hydrogen-bond acceptors (Lipinski definition) is 3. The van der Waals surface area contributed by atoms with Gasteiger partial charge in [0.25, 0.3) is 0 Å². The first-order valence-electron chi connectivity index (χ1n) is 7.40. The van der Waals surface area contributed by atoms with Crippen molar-refractivity contribution in [2.24, 2.45) is 5.41 Å². The third-order valence-corrected chi connectivity index (χ3v) is 4.37. The Balaban J connectivity index is 1.78. The quantitative estimate of drug-likeness (QED) is 0.806. The van der Waals surface area contributed by atoms with Crippen LogP contribution >= 0.6 is 0 Å². The van der Waals surface area contributed by atoms with Crippen LogP contribution in [0.5, 0.6) is 0 Å². The maximum Gasteiger partial charge on any atom is 0.317 e. The summed E-state index contributed by atoms with van der Waals surface area (Å²) in [5.74, 6) is -0.894. The zero-order valence-electron chi connectivity index (χ0n) is 12.4. The van der Waals surface area contributed by atoms with Gasteiger partial charge in [0.15, 0.2) is 0 Å². The Morgan fingerprint density at radius 1 is 1.25 bits per heavy atom. The Morgan fingerprint density at radius 2 is 1.90 bits per heavy atom. The van der Waals surface area contributed by atoms with E-state index in [9.17, 15) is 9.59 Å². The summed E-state index contributed by atoms with van der Waals surface area (Å²) in [5, 5.41) is 11.8. The molecule has 114 valence electrons. The number of nitrogens with one attached hydrogen (secondary N) is 1. The van der Waals surface area contributed by atoms with Crippen LogP contribution < -0.4 is 5.32 Å². The molecule has 0 aromatic heterocycles. The fourth-order valence-electron chi connectivity index (χ4n) is 2.82. The Labute approximate surface area is 120 Å². The van der Waals surface area contributed by atoms with Gasteiger partial charge in [-0.25, -0.2) is 4.79 Å². The van der Waals surface area contributed by atoms with Crippen LogP contribution in [0, 0.1) is 5.41 Å². The van der Waals surface area contributed by atoms with Crippen LogP contribution in [0.15, 0.2) is 0 Å². The molecule has 6 nitrogen and oxygen atoms in total. The minimum Gasteiger partial charge on any atom is -0.481 e. The Morgan fingerprint density at radius 3 is 2.50 bits per heavy atom. The number of amides is 2. The van der Waals surface area contributed by atoms with Gasteiger partial charge in [-0.05, 0) is 46.2 Å². The molecule has 0 aromatic rings. The molecule has 0 saturated carbocycles. The number of nitrogens with zero attached hydrogens (tertiary/aromatic N) is 2. The molecule has 2 heterocycles. The standard InChI is InChI=1S/C14H25N3O3/c1-14(2,12(18)19)10-15-13(20)17-8-5-11(9-17)16-6-3-4-7-16/h11H,3-10H2,1-2H3,(H,15,20)(H,18,19). The number of urea groups is 1. The molecule has 0 bridgehead atoms. The normalized spacial score (nSPS) is 24.1. The largest absolute Gasteiger partial charge is 0.481 e. The number of carboxylic acids is 1. The molecule has 2 N–H and O–H groups in total. The second-order valence-corrected chi connectivity index (χ2v) is 6.48. The van der Waals surface area contributed by atoms with E-state index in [-0.39, 0.29) is 12.6 Å². The van der Waals surface area contributed by atoms with Gasteiger partial charge in [-0.1, -0.05) is 0 Å². The molecule has 0 spiro atoms. The molecule has 0 radical (unpaired) electrons. The van der Waals surface area contributed by atoms with Gasteiger partial charge < -0.3 is 15.3 Å². The first kappa shape index (κ1) is 15.1. The Bertz CT molecular complexity index is 378. The average molecular weight is 283 g/mol. The highest BCUT2D eigenvalue weighted by atomic mass is 16.4. The van der Waals surface area contributed by atoms with Gasteiger partial charge in [0.2, 0.25) is 0 Å². The zero-order valence-corrected chi connectivity index (χ0v) is 12.4. The van der Waals surface area contributed by atoms with E-state index in [0.717, 1.165) is 32.6 Å². The molecule has 1 unspecified atom stereocenters. The van der Waals surface area contributed by atoms with E-state index >= 15 is 0 Å². The summed E-state index contributed by atoms with van der Waals surface area (Å²) in [6, 6.07) is 0.344. The molecular weight excluding hydrogens is 258 g/mol. The summed E-state index contributed by atoms with van der Waals surface area (Å²) in [7, 11) is 0. The topological polar surface area (TPSA) is 72.9 Å². The molecule has 2 aliphatic heterocycles. The van der Waals surface area contributed by atoms with Crippen LogP contribution in [0.3, 0.4) is 0 Å². The van der Waals surface area contributed by atoms with E-state index in [1.807, 2.05) is 0 Å². The summed E-state index contributed by atoms with van der Waals surface area (Å²) in [4.78, 5) is 27.4. The van der Waals surface area contributed by atoms with E-state index < -0.39 is 11.4 Å². The second-order valence-electron chi connectivity index (χ2n) is 6.48. The molecule has 2 saturated heterocycles. The van der Waals surface area contributed by atoms with Crippen LogP contribution in [0.2, 0.25) is 0 Å². The van der Waals surface area contributed by atoms with Gasteiger partial charge in [0.1, 0.15) is 0 Å². The van der Waals surface area contributed by atoms with Crippen LogP contribution in [-0.4, -0.2) is 65.7 Å². The predicted molar refractivity (Wildman–Crippen MR) is 75.6 cm³/mol. The van der Waals surface area contributed by atoms with Crippen LogP contribution in [-0.2, 0) is 4.79 Å². The lowest BCUT2D eigenvalue weighted by Crippen LogP contribution is -2.46. The fraction of sp³-hybridized carbons (Fsp3) is 0.857. The number of aliphatic carboxylic acids is 1. The maximum atomic E-state index is 12.1. The van der Waals surface area contributed by atoms with Crippen molar-refractivity contribution in [1.82, 2.24) is 15.1 Å². The number of hydrogen-bond donors (Lipinski definition) is 2. The molecule has 1 atom stereocenters. The molecule has 2 aliphatic rings. The number of rotatable bonds is 4. The third-order valence-electron chi connectivity index (χ3n) is 4.37. The maximum absolute atomic E-state index is 12.1. The van der Waals surface area contributed by atoms with Crippen LogP contribution in [0.25, 0.3) is 0 Å². The molecule has 20 heavy (non-hydrogen) atoms. The van der Waals surface area contributed by atoms with Gasteiger partial charge in [-0.15, -0.1) is 0 Å². The zero-order chi connectivity index (χ0) is 14.8. The van der Waals surface area contributed by atoms with Crippen molar-refractivity contribution in [1.29, 1.82) is 0 Å². The van der Waals surface area contributed by atoms with Crippen molar-refractivity contribution in [3.63, 3.8) is 0 Å². The molecule has 0 aliphatic carbocycles. The lowest BCUT2D eigenvalue weighted by atomic mass is 9.94. The number of carbonyl (C=O) groups is 2. The van der Waals surface area contributed by atoms with E-state index in [4.69, 9.17) is 5.11 Å². The molecule has 2 fully saturated rings. The first-order chi connectivity index (χ1) is 9.40. The van der Waals surface area contributed by atoms with Gasteiger partial charge >= 0.3 is 12.0 Å². The van der Waals surface area contributed by atoms with Crippen molar-refractivity contribution in [2.45, 2.75) is 39.2 Å². The fourth-order valence-corrected chi connectivity index (χ4v) is 2.82. The third kappa shape index (κ3) is 3.42. The monoisotopic (exact) mass is 283 g/mol. The SMILES string of the molecule is CC(C)(CNC(=O)N1CCC(N2CCCC2)C1)C(=O)O. The minimum atomic E-state index is -0.927. The number of likely N-dealkylation sites (tertiary alicyclic amines) is 2. The smallest absolute Gasteiger partial charge is 0.317 e. The average Bonchev–Trinajstić information content (AvgIpc) is 3.05. The first-order valence-corrected chi connectivity index (χ1v) is 7.40. The van der Waals surface area contributed by atoms with Crippen molar-refractivity contribution >= 4 is 12.0 Å². The number of carboxylic acid groups (broad SMARTS) is 1. The van der Waals surface area contributed by atoms with E-state index in [0.29, 0.717) is 6.04 Å². The van der Waals surface area contributed by atoms with Gasteiger partial charge in [0, 0.05) is 25.7 Å². The van der Waals surface area contributed by atoms with E-state index in [2.05, 4.69) is 10.2 Å². The van der Waals surface area contributed by atoms with E-state index in [1.54, 1.807) is 18.7 Å². The van der Waals surface area contributed by atoms with Crippen molar-refractivity contribution < 1.29 is 14.7 Å². The molecule has 6 heteroatoms. The lowest BCUT2D eigenvalue weighted by molar-refractivity contribution is -0.146. The highest BCUT2D eigenvalue weighted by Crippen LogP contribution is 2.20. The van der Waals surface area contributed by atoms with Gasteiger partial charge in [-0.2, -0.15) is 0 Å². The predicted octanol–water partition coefficient (Wildman–Crippen LogP) is 0.977. The van der Waals surface area contributed by atoms with Gasteiger partial charge in [0.05, 0.1) is 5.41 Å². The molecule has 2 amide bonds. The van der Waals surface area contributed by atoms with E-state index in [1.165, 1.54) is 12.8 Å². The summed E-state index contributed by atoms with van der Waals surface area (Å²) < 4.78 is 0. The minimum absolute atomic E-state index is 0.138. The highest BCUT2D eigenvalue weighted by molar-refractivity contribution is 5.77. The summed E-state index contributed by atoms with van der Waals surface area (Å²) in [6.07, 6.45) is 3.54. The number of carbonyl (C=O) groups excluding carboxylic acids is 1. The summed E-state index contributed by atoms with van der Waals surface area (Å²) >= 11 is 0. The van der Waals surface area contributed by atoms with Crippen molar-refractivity contribution in [3.8, 4) is 0 Å². The van der Waals surface area contributed by atoms with Crippen LogP contribution in [0.1, 0.15) is 33.1 Å². The summed E-state index contributed by atoms with van der Waals surface area (Å²) in [5.41, 5.74) is -0.927. The van der Waals surface area contributed by atoms with Crippen LogP contribution in [0.4, 0.5) is 4.79 Å². The molecule has 2 rings (SSSR count).